The van der Waals surface area contributed by atoms with Gasteiger partial charge in [0.2, 0.25) is 0 Å². The molecule has 2 aliphatic rings. The largest absolute Gasteiger partial charge is 0.308 e. The molecule has 166 valence electrons. The molecule has 0 radical (unpaired) electrons. The summed E-state index contributed by atoms with van der Waals surface area (Å²) in [6.07, 6.45) is 9.49. The third-order valence-corrected chi connectivity index (χ3v) is 7.74. The van der Waals surface area contributed by atoms with E-state index >= 15 is 0 Å². The van der Waals surface area contributed by atoms with E-state index in [0.29, 0.717) is 18.0 Å². The van der Waals surface area contributed by atoms with Crippen LogP contribution >= 0.6 is 11.6 Å². The molecule has 1 aromatic carbocycles. The molecule has 1 aromatic heterocycles. The fraction of sp³-hybridized carbons (Fsp3) is 0.500. The van der Waals surface area contributed by atoms with Crippen molar-refractivity contribution >= 4 is 34.5 Å². The summed E-state index contributed by atoms with van der Waals surface area (Å²) >= 11 is 6.10. The Labute approximate surface area is 190 Å². The number of nitrogens with one attached hydrogen (secondary N) is 3. The van der Waals surface area contributed by atoms with E-state index in [-0.39, 0.29) is 17.4 Å². The number of rotatable bonds is 8. The Morgan fingerprint density at radius 1 is 1.42 bits per heavy atom. The number of aliphatic imine (C=N–C) groups is 1. The lowest BCUT2D eigenvalue weighted by Gasteiger charge is -2.51. The van der Waals surface area contributed by atoms with Crippen LogP contribution in [0.3, 0.4) is 0 Å². The minimum absolute atomic E-state index is 0.0175. The van der Waals surface area contributed by atoms with Crippen molar-refractivity contribution in [1.29, 1.82) is 5.41 Å². The molecule has 2 fully saturated rings. The van der Waals surface area contributed by atoms with E-state index in [2.05, 4.69) is 32.3 Å². The number of hydrogen-bond donors (Lipinski definition) is 3. The maximum absolute atomic E-state index is 12.2. The van der Waals surface area contributed by atoms with Gasteiger partial charge in [0.15, 0.2) is 0 Å². The van der Waals surface area contributed by atoms with Gasteiger partial charge in [-0.05, 0) is 43.5 Å². The van der Waals surface area contributed by atoms with E-state index in [4.69, 9.17) is 17.0 Å². The molecule has 1 aliphatic carbocycles. The van der Waals surface area contributed by atoms with Crippen LogP contribution < -0.4 is 10.0 Å². The minimum atomic E-state index is -1.28. The predicted octanol–water partition coefficient (Wildman–Crippen LogP) is 2.88. The molecule has 0 bridgehead atoms. The first-order chi connectivity index (χ1) is 15.0. The molecule has 31 heavy (non-hydrogen) atoms. The highest BCUT2D eigenvalue weighted by atomic mass is 35.5. The van der Waals surface area contributed by atoms with Crippen LogP contribution in [-0.2, 0) is 23.4 Å². The maximum atomic E-state index is 12.2. The third kappa shape index (κ3) is 4.82. The van der Waals surface area contributed by atoms with Gasteiger partial charge in [-0.3, -0.25) is 9.67 Å². The van der Waals surface area contributed by atoms with Crippen molar-refractivity contribution < 1.29 is 4.21 Å². The standard InChI is InChI=1S/C22H29ClN6OS/c1-29-15-19(14-27-29)31(30)28-12-11-25-13-16-7-10-26-21(20(16)24)22(8-2-9-22)17-3-5-18(23)6-4-17/h3-6,13-16,21,24,26,28H,2,7-12H2,1H3. The van der Waals surface area contributed by atoms with E-state index in [1.54, 1.807) is 24.1 Å². The highest BCUT2D eigenvalue weighted by Crippen LogP contribution is 2.48. The molecule has 1 saturated heterocycles. The van der Waals surface area contributed by atoms with Gasteiger partial charge in [-0.15, -0.1) is 0 Å². The number of benzene rings is 1. The Morgan fingerprint density at radius 2 is 2.19 bits per heavy atom. The number of nitrogens with zero attached hydrogens (tertiary/aromatic N) is 3. The SMILES string of the molecule is Cn1cc(S(=O)NCCN=CC2CCNC(C3(c4ccc(Cl)cc4)CCC3)C2=N)cn1. The van der Waals surface area contributed by atoms with Gasteiger partial charge in [0.25, 0.3) is 0 Å². The van der Waals surface area contributed by atoms with Crippen LogP contribution in [0.15, 0.2) is 46.5 Å². The van der Waals surface area contributed by atoms with Crippen LogP contribution in [0.1, 0.15) is 31.2 Å². The molecule has 2 heterocycles. The lowest BCUT2D eigenvalue weighted by Crippen LogP contribution is -2.61. The van der Waals surface area contributed by atoms with Gasteiger partial charge in [-0.2, -0.15) is 5.10 Å². The number of piperidine rings is 1. The van der Waals surface area contributed by atoms with Crippen molar-refractivity contribution in [3.63, 3.8) is 0 Å². The smallest absolute Gasteiger partial charge is 0.128 e. The van der Waals surface area contributed by atoms with E-state index in [0.717, 1.165) is 36.5 Å². The van der Waals surface area contributed by atoms with Crippen LogP contribution in [0.25, 0.3) is 0 Å². The zero-order chi connectivity index (χ0) is 21.8. The summed E-state index contributed by atoms with van der Waals surface area (Å²) in [5, 5.41) is 17.3. The normalized spacial score (nSPS) is 24.3. The van der Waals surface area contributed by atoms with Gasteiger partial charge in [0.05, 0.1) is 23.7 Å². The molecule has 7 nitrogen and oxygen atoms in total. The van der Waals surface area contributed by atoms with Gasteiger partial charge in [-0.25, -0.2) is 8.93 Å². The van der Waals surface area contributed by atoms with Crippen LogP contribution in [0, 0.1) is 11.3 Å². The topological polar surface area (TPSA) is 95.2 Å². The number of halogens is 1. The Kier molecular flexibility index (Phi) is 7.01. The van der Waals surface area contributed by atoms with E-state index in [1.807, 2.05) is 18.3 Å². The minimum Gasteiger partial charge on any atom is -0.308 e. The number of aromatic nitrogens is 2. The first kappa shape index (κ1) is 22.3. The second-order valence-electron chi connectivity index (χ2n) is 8.32. The Hall–Kier alpha value is -1.87. The molecular formula is C22H29ClN6OS. The second kappa shape index (κ2) is 9.73. The quantitative estimate of drug-likeness (QED) is 0.417. The molecule has 0 amide bonds. The molecule has 2 aromatic rings. The molecule has 3 N–H and O–H groups in total. The van der Waals surface area contributed by atoms with Gasteiger partial charge in [-0.1, -0.05) is 30.2 Å². The highest BCUT2D eigenvalue weighted by molar-refractivity contribution is 7.83. The first-order valence-electron chi connectivity index (χ1n) is 10.7. The fourth-order valence-corrected chi connectivity index (χ4v) is 5.54. The summed E-state index contributed by atoms with van der Waals surface area (Å²) in [4.78, 5) is 5.19. The molecule has 3 unspecified atom stereocenters. The monoisotopic (exact) mass is 460 g/mol. The summed E-state index contributed by atoms with van der Waals surface area (Å²) in [7, 11) is 0.518. The average molecular weight is 461 g/mol. The second-order valence-corrected chi connectivity index (χ2v) is 10.1. The summed E-state index contributed by atoms with van der Waals surface area (Å²) < 4.78 is 16.8. The van der Waals surface area contributed by atoms with Crippen molar-refractivity contribution in [2.24, 2.45) is 18.0 Å². The van der Waals surface area contributed by atoms with Gasteiger partial charge < -0.3 is 10.7 Å². The lowest BCUT2D eigenvalue weighted by atomic mass is 9.57. The van der Waals surface area contributed by atoms with Gasteiger partial charge >= 0.3 is 0 Å². The van der Waals surface area contributed by atoms with Crippen molar-refractivity contribution in [1.82, 2.24) is 19.8 Å². The molecule has 4 rings (SSSR count). The van der Waals surface area contributed by atoms with E-state index < -0.39 is 11.0 Å². The number of hydrogen-bond acceptors (Lipinski definition) is 5. The average Bonchev–Trinajstić information content (AvgIpc) is 3.17. The summed E-state index contributed by atoms with van der Waals surface area (Å²) in [6, 6.07) is 8.16. The summed E-state index contributed by atoms with van der Waals surface area (Å²) in [5.41, 5.74) is 1.97. The number of aryl methyl sites for hydroxylation is 1. The molecular weight excluding hydrogens is 432 g/mol. The molecule has 0 spiro atoms. The van der Waals surface area contributed by atoms with Crippen molar-refractivity contribution in [3.05, 3.63) is 47.2 Å². The lowest BCUT2D eigenvalue weighted by molar-refractivity contribution is 0.196. The van der Waals surface area contributed by atoms with Gasteiger partial charge in [0, 0.05) is 48.1 Å². The Morgan fingerprint density at radius 3 is 2.84 bits per heavy atom. The first-order valence-corrected chi connectivity index (χ1v) is 12.2. The highest BCUT2D eigenvalue weighted by Gasteiger charge is 2.49. The van der Waals surface area contributed by atoms with Gasteiger partial charge in [0.1, 0.15) is 11.0 Å². The summed E-state index contributed by atoms with van der Waals surface area (Å²) in [6.45, 7) is 1.91. The van der Waals surface area contributed by atoms with E-state index in [1.165, 1.54) is 12.0 Å². The molecule has 3 atom stereocenters. The zero-order valence-electron chi connectivity index (χ0n) is 17.7. The van der Waals surface area contributed by atoms with Crippen LogP contribution in [0.2, 0.25) is 5.02 Å². The maximum Gasteiger partial charge on any atom is 0.128 e. The predicted molar refractivity (Wildman–Crippen MR) is 126 cm³/mol. The fourth-order valence-electron chi connectivity index (χ4n) is 4.58. The van der Waals surface area contributed by atoms with Crippen molar-refractivity contribution in [3.8, 4) is 0 Å². The van der Waals surface area contributed by atoms with E-state index in [9.17, 15) is 4.21 Å². The third-order valence-electron chi connectivity index (χ3n) is 6.39. The Balaban J connectivity index is 1.34. The van der Waals surface area contributed by atoms with Crippen molar-refractivity contribution in [2.75, 3.05) is 19.6 Å². The zero-order valence-corrected chi connectivity index (χ0v) is 19.3. The van der Waals surface area contributed by atoms with Crippen LogP contribution in [-0.4, -0.2) is 51.6 Å². The Bertz CT molecular complexity index is 969. The molecule has 9 heteroatoms. The molecule has 1 aliphatic heterocycles. The molecule has 1 saturated carbocycles. The summed E-state index contributed by atoms with van der Waals surface area (Å²) in [5.74, 6) is 0.0415. The van der Waals surface area contributed by atoms with Crippen molar-refractivity contribution in [2.45, 2.75) is 42.0 Å². The van der Waals surface area contributed by atoms with Crippen LogP contribution in [0.5, 0.6) is 0 Å². The van der Waals surface area contributed by atoms with Crippen LogP contribution in [0.4, 0.5) is 0 Å².